The van der Waals surface area contributed by atoms with E-state index in [1.807, 2.05) is 6.92 Å². The van der Waals surface area contributed by atoms with Crippen molar-refractivity contribution < 1.29 is 17.5 Å². The zero-order valence-electron chi connectivity index (χ0n) is 12.5. The third kappa shape index (κ3) is 4.89. The Labute approximate surface area is 137 Å². The predicted octanol–water partition coefficient (Wildman–Crippen LogP) is 1.41. The Morgan fingerprint density at radius 1 is 1.41 bits per heavy atom. The molecular weight excluding hydrogens is 331 g/mol. The maximum absolute atomic E-state index is 12.7. The SMILES string of the molecule is CCOCCNS(=O)(=O)c1ccc2c(c1)CNC(CF)C2.Cl. The Balaban J connectivity index is 0.00000242. The molecule has 126 valence electrons. The number of benzene rings is 1. The van der Waals surface area contributed by atoms with E-state index in [-0.39, 0.29) is 29.9 Å². The molecule has 5 nitrogen and oxygen atoms in total. The Kier molecular flexibility index (Phi) is 7.71. The van der Waals surface area contributed by atoms with E-state index >= 15 is 0 Å². The second-order valence-corrected chi connectivity index (χ2v) is 6.73. The molecule has 0 aliphatic carbocycles. The summed E-state index contributed by atoms with van der Waals surface area (Å²) in [7, 11) is -3.53. The molecule has 1 aliphatic heterocycles. The van der Waals surface area contributed by atoms with Gasteiger partial charge in [-0.1, -0.05) is 6.07 Å². The standard InChI is InChI=1S/C14H21FN2O3S.ClH/c1-2-20-6-5-17-21(18,19)14-4-3-11-7-13(9-15)16-10-12(11)8-14;/h3-4,8,13,16-17H,2,5-7,9-10H2,1H3;1H. The molecule has 1 heterocycles. The van der Waals surface area contributed by atoms with Crippen LogP contribution in [0.5, 0.6) is 0 Å². The first kappa shape index (κ1) is 19.3. The van der Waals surface area contributed by atoms with Crippen LogP contribution in [0, 0.1) is 0 Å². The summed E-state index contributed by atoms with van der Waals surface area (Å²) in [6.07, 6.45) is 0.587. The average Bonchev–Trinajstić information content (AvgIpc) is 2.50. The van der Waals surface area contributed by atoms with E-state index in [1.165, 1.54) is 0 Å². The van der Waals surface area contributed by atoms with Crippen LogP contribution in [0.15, 0.2) is 23.1 Å². The minimum absolute atomic E-state index is 0. The van der Waals surface area contributed by atoms with Crippen molar-refractivity contribution in [2.45, 2.75) is 30.8 Å². The molecule has 1 unspecified atom stereocenters. The summed E-state index contributed by atoms with van der Waals surface area (Å²) in [5, 5.41) is 3.05. The van der Waals surface area contributed by atoms with Gasteiger partial charge in [-0.3, -0.25) is 0 Å². The smallest absolute Gasteiger partial charge is 0.240 e. The number of hydrogen-bond acceptors (Lipinski definition) is 4. The van der Waals surface area contributed by atoms with Crippen molar-refractivity contribution in [1.82, 2.24) is 10.0 Å². The van der Waals surface area contributed by atoms with Gasteiger partial charge in [0.05, 0.1) is 11.5 Å². The Morgan fingerprint density at radius 2 is 2.18 bits per heavy atom. The molecule has 2 N–H and O–H groups in total. The highest BCUT2D eigenvalue weighted by atomic mass is 35.5. The van der Waals surface area contributed by atoms with E-state index in [0.29, 0.717) is 26.2 Å². The first-order valence-corrected chi connectivity index (χ1v) is 8.53. The summed E-state index contributed by atoms with van der Waals surface area (Å²) in [5.41, 5.74) is 1.91. The maximum Gasteiger partial charge on any atom is 0.240 e. The number of ether oxygens (including phenoxy) is 1. The van der Waals surface area contributed by atoms with Gasteiger partial charge in [-0.2, -0.15) is 0 Å². The molecule has 0 fully saturated rings. The molecule has 0 radical (unpaired) electrons. The van der Waals surface area contributed by atoms with Crippen LogP contribution in [0.2, 0.25) is 0 Å². The van der Waals surface area contributed by atoms with Crippen molar-refractivity contribution in [3.05, 3.63) is 29.3 Å². The maximum atomic E-state index is 12.7. The molecule has 0 aromatic heterocycles. The Morgan fingerprint density at radius 3 is 2.86 bits per heavy atom. The van der Waals surface area contributed by atoms with Gasteiger partial charge >= 0.3 is 0 Å². The summed E-state index contributed by atoms with van der Waals surface area (Å²) in [6.45, 7) is 3.08. The van der Waals surface area contributed by atoms with Gasteiger partial charge in [0.15, 0.2) is 0 Å². The van der Waals surface area contributed by atoms with Crippen LogP contribution in [0.4, 0.5) is 4.39 Å². The lowest BCUT2D eigenvalue weighted by Crippen LogP contribution is -2.37. The Hall–Kier alpha value is -0.730. The number of fused-ring (bicyclic) bond motifs is 1. The van der Waals surface area contributed by atoms with Gasteiger partial charge in [-0.05, 0) is 36.6 Å². The van der Waals surface area contributed by atoms with Gasteiger partial charge < -0.3 is 10.1 Å². The summed E-state index contributed by atoms with van der Waals surface area (Å²) in [4.78, 5) is 0.234. The highest BCUT2D eigenvalue weighted by molar-refractivity contribution is 7.89. The summed E-state index contributed by atoms with van der Waals surface area (Å²) in [6, 6.07) is 4.82. The topological polar surface area (TPSA) is 67.4 Å². The normalized spacial score (nSPS) is 17.6. The van der Waals surface area contributed by atoms with Crippen LogP contribution >= 0.6 is 12.4 Å². The van der Waals surface area contributed by atoms with E-state index < -0.39 is 16.7 Å². The van der Waals surface area contributed by atoms with Crippen LogP contribution in [0.1, 0.15) is 18.1 Å². The molecule has 2 rings (SSSR count). The summed E-state index contributed by atoms with van der Waals surface area (Å²) >= 11 is 0. The third-order valence-corrected chi connectivity index (χ3v) is 4.92. The van der Waals surface area contributed by atoms with Gasteiger partial charge in [0.1, 0.15) is 6.67 Å². The number of alkyl halides is 1. The van der Waals surface area contributed by atoms with Crippen molar-refractivity contribution in [1.29, 1.82) is 0 Å². The first-order valence-electron chi connectivity index (χ1n) is 7.05. The molecule has 1 atom stereocenters. The molecule has 1 aromatic rings. The summed E-state index contributed by atoms with van der Waals surface area (Å²) in [5.74, 6) is 0. The second kappa shape index (κ2) is 8.79. The van der Waals surface area contributed by atoms with Crippen LogP contribution in [-0.2, 0) is 27.7 Å². The van der Waals surface area contributed by atoms with E-state index in [4.69, 9.17) is 4.74 Å². The van der Waals surface area contributed by atoms with Crippen molar-refractivity contribution in [3.8, 4) is 0 Å². The van der Waals surface area contributed by atoms with E-state index in [2.05, 4.69) is 10.0 Å². The van der Waals surface area contributed by atoms with E-state index in [1.54, 1.807) is 18.2 Å². The molecule has 0 amide bonds. The van der Waals surface area contributed by atoms with Gasteiger partial charge in [-0.15, -0.1) is 12.4 Å². The van der Waals surface area contributed by atoms with Crippen LogP contribution < -0.4 is 10.0 Å². The highest BCUT2D eigenvalue weighted by Crippen LogP contribution is 2.21. The first-order chi connectivity index (χ1) is 10.1. The fourth-order valence-electron chi connectivity index (χ4n) is 2.31. The minimum Gasteiger partial charge on any atom is -0.380 e. The third-order valence-electron chi connectivity index (χ3n) is 3.46. The van der Waals surface area contributed by atoms with Crippen molar-refractivity contribution in [2.75, 3.05) is 26.4 Å². The van der Waals surface area contributed by atoms with Crippen molar-refractivity contribution in [2.24, 2.45) is 0 Å². The molecule has 22 heavy (non-hydrogen) atoms. The Bertz CT molecular complexity index is 583. The van der Waals surface area contributed by atoms with Crippen LogP contribution in [0.3, 0.4) is 0 Å². The molecule has 1 aliphatic rings. The molecule has 0 saturated heterocycles. The summed E-state index contributed by atoms with van der Waals surface area (Å²) < 4.78 is 44.6. The lowest BCUT2D eigenvalue weighted by Gasteiger charge is -2.24. The number of rotatable bonds is 7. The molecular formula is C14H22ClFN2O3S. The lowest BCUT2D eigenvalue weighted by atomic mass is 9.96. The highest BCUT2D eigenvalue weighted by Gasteiger charge is 2.21. The van der Waals surface area contributed by atoms with Gasteiger partial charge in [0, 0.05) is 25.7 Å². The zero-order valence-corrected chi connectivity index (χ0v) is 14.1. The molecule has 1 aromatic carbocycles. The monoisotopic (exact) mass is 352 g/mol. The number of nitrogens with one attached hydrogen (secondary N) is 2. The fourth-order valence-corrected chi connectivity index (χ4v) is 3.37. The van der Waals surface area contributed by atoms with Gasteiger partial charge in [0.2, 0.25) is 10.0 Å². The van der Waals surface area contributed by atoms with Crippen LogP contribution in [0.25, 0.3) is 0 Å². The van der Waals surface area contributed by atoms with Gasteiger partial charge in [0.25, 0.3) is 0 Å². The zero-order chi connectivity index (χ0) is 15.3. The van der Waals surface area contributed by atoms with Gasteiger partial charge in [-0.25, -0.2) is 17.5 Å². The molecule has 0 spiro atoms. The lowest BCUT2D eigenvalue weighted by molar-refractivity contribution is 0.153. The minimum atomic E-state index is -3.53. The fraction of sp³-hybridized carbons (Fsp3) is 0.571. The van der Waals surface area contributed by atoms with Crippen molar-refractivity contribution >= 4 is 22.4 Å². The molecule has 0 bridgehead atoms. The largest absolute Gasteiger partial charge is 0.380 e. The van der Waals surface area contributed by atoms with Crippen molar-refractivity contribution in [3.63, 3.8) is 0 Å². The molecule has 8 heteroatoms. The number of sulfonamides is 1. The van der Waals surface area contributed by atoms with E-state index in [9.17, 15) is 12.8 Å². The number of hydrogen-bond donors (Lipinski definition) is 2. The predicted molar refractivity (Wildman–Crippen MR) is 85.7 cm³/mol. The second-order valence-electron chi connectivity index (χ2n) is 4.96. The average molecular weight is 353 g/mol. The number of halogens is 2. The van der Waals surface area contributed by atoms with Crippen LogP contribution in [-0.4, -0.2) is 40.9 Å². The molecule has 0 saturated carbocycles. The van der Waals surface area contributed by atoms with E-state index in [0.717, 1.165) is 11.1 Å². The quantitative estimate of drug-likeness (QED) is 0.728.